The Morgan fingerprint density at radius 1 is 1.38 bits per heavy atom. The molecule has 0 saturated heterocycles. The Balaban J connectivity index is 2.87. The molecule has 118 valence electrons. The Morgan fingerprint density at radius 3 is 2.71 bits per heavy atom. The van der Waals surface area contributed by atoms with Gasteiger partial charge in [-0.25, -0.2) is 0 Å². The van der Waals surface area contributed by atoms with E-state index >= 15 is 0 Å². The van der Waals surface area contributed by atoms with Crippen molar-refractivity contribution in [2.24, 2.45) is 0 Å². The highest BCUT2D eigenvalue weighted by molar-refractivity contribution is 5.68. The highest BCUT2D eigenvalue weighted by Gasteiger charge is 2.21. The van der Waals surface area contributed by atoms with E-state index in [1.165, 1.54) is 0 Å². The van der Waals surface area contributed by atoms with Gasteiger partial charge >= 0.3 is 5.69 Å². The molecule has 0 aliphatic rings. The van der Waals surface area contributed by atoms with Crippen LogP contribution in [-0.2, 0) is 9.47 Å². The van der Waals surface area contributed by atoms with Gasteiger partial charge in [-0.1, -0.05) is 13.0 Å². The zero-order valence-corrected chi connectivity index (χ0v) is 12.6. The predicted molar refractivity (Wildman–Crippen MR) is 80.0 cm³/mol. The molecule has 0 fully saturated rings. The lowest BCUT2D eigenvalue weighted by atomic mass is 10.2. The summed E-state index contributed by atoms with van der Waals surface area (Å²) in [6.45, 7) is 3.20. The van der Waals surface area contributed by atoms with E-state index in [9.17, 15) is 10.1 Å². The molecule has 0 aromatic heterocycles. The van der Waals surface area contributed by atoms with Gasteiger partial charge in [0.1, 0.15) is 5.69 Å². The fourth-order valence-corrected chi connectivity index (χ4v) is 1.80. The summed E-state index contributed by atoms with van der Waals surface area (Å²) in [5.74, 6) is 0.271. The van der Waals surface area contributed by atoms with Crippen LogP contribution in [0.5, 0.6) is 5.75 Å². The molecule has 0 saturated carbocycles. The molecule has 1 atom stereocenters. The van der Waals surface area contributed by atoms with Crippen molar-refractivity contribution in [3.63, 3.8) is 0 Å². The topological polar surface area (TPSA) is 82.9 Å². The van der Waals surface area contributed by atoms with Crippen LogP contribution in [0.25, 0.3) is 0 Å². The highest BCUT2D eigenvalue weighted by Crippen LogP contribution is 2.34. The van der Waals surface area contributed by atoms with Crippen molar-refractivity contribution >= 4 is 11.4 Å². The molecule has 1 aromatic rings. The number of benzene rings is 1. The standard InChI is InChI=1S/C14H22N2O5/c1-4-8-21-13-7-5-6-12(14(13)16(17)18)15-9-11(20-3)10-19-2/h5-7,11,15H,4,8-10H2,1-3H3. The number of methoxy groups -OCH3 is 2. The number of hydrogen-bond acceptors (Lipinski definition) is 6. The smallest absolute Gasteiger partial charge is 0.333 e. The number of hydrogen-bond donors (Lipinski definition) is 1. The van der Waals surface area contributed by atoms with Crippen LogP contribution in [0.1, 0.15) is 13.3 Å². The maximum absolute atomic E-state index is 11.3. The van der Waals surface area contributed by atoms with Crippen LogP contribution in [0.4, 0.5) is 11.4 Å². The van der Waals surface area contributed by atoms with Gasteiger partial charge in [-0.3, -0.25) is 10.1 Å². The van der Waals surface area contributed by atoms with Gasteiger partial charge in [0.25, 0.3) is 0 Å². The van der Waals surface area contributed by atoms with Gasteiger partial charge < -0.3 is 19.5 Å². The quantitative estimate of drug-likeness (QED) is 0.528. The van der Waals surface area contributed by atoms with E-state index < -0.39 is 4.92 Å². The number of para-hydroxylation sites is 1. The van der Waals surface area contributed by atoms with Crippen molar-refractivity contribution in [1.82, 2.24) is 0 Å². The Morgan fingerprint density at radius 2 is 2.14 bits per heavy atom. The number of rotatable bonds is 10. The molecule has 1 aromatic carbocycles. The Bertz CT molecular complexity index is 453. The SMILES string of the molecule is CCCOc1cccc(NCC(COC)OC)c1[N+](=O)[O-]. The number of anilines is 1. The average Bonchev–Trinajstić information content (AvgIpc) is 2.48. The number of ether oxygens (including phenoxy) is 3. The first-order valence-corrected chi connectivity index (χ1v) is 6.79. The molecule has 0 spiro atoms. The molecule has 0 radical (unpaired) electrons. The highest BCUT2D eigenvalue weighted by atomic mass is 16.6. The summed E-state index contributed by atoms with van der Waals surface area (Å²) in [6, 6.07) is 4.97. The third-order valence-electron chi connectivity index (χ3n) is 2.85. The lowest BCUT2D eigenvalue weighted by molar-refractivity contribution is -0.385. The van der Waals surface area contributed by atoms with E-state index in [4.69, 9.17) is 14.2 Å². The molecule has 1 rings (SSSR count). The van der Waals surface area contributed by atoms with E-state index in [0.29, 0.717) is 25.4 Å². The monoisotopic (exact) mass is 298 g/mol. The number of nitro groups is 1. The van der Waals surface area contributed by atoms with E-state index in [-0.39, 0.29) is 17.5 Å². The molecular formula is C14H22N2O5. The molecule has 1 N–H and O–H groups in total. The first-order chi connectivity index (χ1) is 10.1. The molecule has 0 aliphatic carbocycles. The maximum Gasteiger partial charge on any atom is 0.333 e. The average molecular weight is 298 g/mol. The maximum atomic E-state index is 11.3. The predicted octanol–water partition coefficient (Wildman–Crippen LogP) is 2.46. The Labute approximate surface area is 124 Å². The molecule has 7 nitrogen and oxygen atoms in total. The normalized spacial score (nSPS) is 12.0. The van der Waals surface area contributed by atoms with E-state index in [1.807, 2.05) is 6.92 Å². The van der Waals surface area contributed by atoms with Crippen molar-refractivity contribution in [3.8, 4) is 5.75 Å². The van der Waals surface area contributed by atoms with Crippen LogP contribution in [-0.4, -0.2) is 45.0 Å². The van der Waals surface area contributed by atoms with Gasteiger partial charge in [0.15, 0.2) is 5.75 Å². The number of nitro benzene ring substituents is 1. The molecule has 7 heteroatoms. The minimum atomic E-state index is -0.439. The zero-order valence-electron chi connectivity index (χ0n) is 12.6. The van der Waals surface area contributed by atoms with Crippen LogP contribution in [0.3, 0.4) is 0 Å². The molecule has 0 amide bonds. The van der Waals surface area contributed by atoms with Crippen molar-refractivity contribution < 1.29 is 19.1 Å². The third-order valence-corrected chi connectivity index (χ3v) is 2.85. The summed E-state index contributed by atoms with van der Waals surface area (Å²) in [4.78, 5) is 10.8. The van der Waals surface area contributed by atoms with Crippen LogP contribution in [0.15, 0.2) is 18.2 Å². The van der Waals surface area contributed by atoms with Crippen molar-refractivity contribution in [3.05, 3.63) is 28.3 Å². The van der Waals surface area contributed by atoms with E-state index in [2.05, 4.69) is 5.32 Å². The van der Waals surface area contributed by atoms with Crippen molar-refractivity contribution in [2.45, 2.75) is 19.4 Å². The molecule has 0 aliphatic heterocycles. The number of nitrogens with one attached hydrogen (secondary N) is 1. The first kappa shape index (κ1) is 17.2. The van der Waals surface area contributed by atoms with Crippen molar-refractivity contribution in [2.75, 3.05) is 39.3 Å². The largest absolute Gasteiger partial charge is 0.487 e. The van der Waals surface area contributed by atoms with Gasteiger partial charge in [-0.15, -0.1) is 0 Å². The molecule has 0 heterocycles. The molecule has 1 unspecified atom stereocenters. The number of nitrogens with zero attached hydrogens (tertiary/aromatic N) is 1. The fraction of sp³-hybridized carbons (Fsp3) is 0.571. The summed E-state index contributed by atoms with van der Waals surface area (Å²) in [6.07, 6.45) is 0.601. The Hall–Kier alpha value is -1.86. The van der Waals surface area contributed by atoms with Gasteiger partial charge in [-0.05, 0) is 18.6 Å². The summed E-state index contributed by atoms with van der Waals surface area (Å²) in [5, 5.41) is 14.3. The third kappa shape index (κ3) is 5.20. The zero-order chi connectivity index (χ0) is 15.7. The molecule has 0 bridgehead atoms. The van der Waals surface area contributed by atoms with Crippen molar-refractivity contribution in [1.29, 1.82) is 0 Å². The summed E-state index contributed by atoms with van der Waals surface area (Å²) >= 11 is 0. The van der Waals surface area contributed by atoms with Gasteiger partial charge in [0.05, 0.1) is 24.2 Å². The van der Waals surface area contributed by atoms with Crippen LogP contribution >= 0.6 is 0 Å². The minimum absolute atomic E-state index is 0.0572. The summed E-state index contributed by atoms with van der Waals surface area (Å²) < 4.78 is 15.7. The first-order valence-electron chi connectivity index (χ1n) is 6.79. The fourth-order valence-electron chi connectivity index (χ4n) is 1.80. The van der Waals surface area contributed by atoms with Gasteiger partial charge in [-0.2, -0.15) is 0 Å². The van der Waals surface area contributed by atoms with Gasteiger partial charge in [0.2, 0.25) is 0 Å². The van der Waals surface area contributed by atoms with Gasteiger partial charge in [0, 0.05) is 20.8 Å². The van der Waals surface area contributed by atoms with Crippen LogP contribution in [0, 0.1) is 10.1 Å². The second-order valence-electron chi connectivity index (χ2n) is 4.45. The summed E-state index contributed by atoms with van der Waals surface area (Å²) in [5.41, 5.74) is 0.352. The van der Waals surface area contributed by atoms with Crippen LogP contribution in [0.2, 0.25) is 0 Å². The summed E-state index contributed by atoms with van der Waals surface area (Å²) in [7, 11) is 3.15. The lowest BCUT2D eigenvalue weighted by Crippen LogP contribution is -2.26. The van der Waals surface area contributed by atoms with Crippen LogP contribution < -0.4 is 10.1 Å². The second kappa shape index (κ2) is 9.15. The Kier molecular flexibility index (Phi) is 7.49. The minimum Gasteiger partial charge on any atom is -0.487 e. The molecular weight excluding hydrogens is 276 g/mol. The second-order valence-corrected chi connectivity index (χ2v) is 4.45. The van der Waals surface area contributed by atoms with E-state index in [1.54, 1.807) is 32.4 Å². The van der Waals surface area contributed by atoms with E-state index in [0.717, 1.165) is 6.42 Å². The lowest BCUT2D eigenvalue weighted by Gasteiger charge is -2.16. The molecule has 21 heavy (non-hydrogen) atoms.